The summed E-state index contributed by atoms with van der Waals surface area (Å²) in [5.41, 5.74) is 2.43. The van der Waals surface area contributed by atoms with Crippen LogP contribution in [0.15, 0.2) is 85.1 Å². The maximum Gasteiger partial charge on any atom is 0.128 e. The summed E-state index contributed by atoms with van der Waals surface area (Å²) in [7, 11) is 0. The van der Waals surface area contributed by atoms with E-state index in [1.54, 1.807) is 0 Å². The van der Waals surface area contributed by atoms with Crippen LogP contribution < -0.4 is 4.74 Å². The van der Waals surface area contributed by atoms with Crippen LogP contribution in [0.4, 0.5) is 0 Å². The Balaban J connectivity index is 1.10. The van der Waals surface area contributed by atoms with E-state index < -0.39 is 6.10 Å². The van der Waals surface area contributed by atoms with Crippen molar-refractivity contribution in [1.82, 2.24) is 14.8 Å². The minimum Gasteiger partial charge on any atom is -0.490 e. The number of aromatic amines is 1. The number of benzene rings is 3. The van der Waals surface area contributed by atoms with Gasteiger partial charge in [0.1, 0.15) is 18.5 Å². The van der Waals surface area contributed by atoms with E-state index in [1.165, 1.54) is 16.3 Å². The van der Waals surface area contributed by atoms with Gasteiger partial charge in [0, 0.05) is 55.4 Å². The van der Waals surface area contributed by atoms with Gasteiger partial charge in [-0.15, -0.1) is 0 Å². The van der Waals surface area contributed by atoms with Crippen LogP contribution in [0, 0.1) is 0 Å². The van der Waals surface area contributed by atoms with Gasteiger partial charge < -0.3 is 14.8 Å². The molecule has 180 valence electrons. The van der Waals surface area contributed by atoms with E-state index >= 15 is 0 Å². The van der Waals surface area contributed by atoms with Gasteiger partial charge in [0.05, 0.1) is 0 Å². The molecular formula is C30H33N3O2. The maximum atomic E-state index is 10.9. The molecule has 3 aliphatic rings. The van der Waals surface area contributed by atoms with Crippen LogP contribution in [-0.4, -0.2) is 64.3 Å². The summed E-state index contributed by atoms with van der Waals surface area (Å²) in [5.74, 6) is 0.821. The third kappa shape index (κ3) is 4.85. The van der Waals surface area contributed by atoms with E-state index in [1.807, 2.05) is 30.5 Å². The zero-order valence-corrected chi connectivity index (χ0v) is 20.0. The van der Waals surface area contributed by atoms with Crippen LogP contribution in [0.25, 0.3) is 21.7 Å². The van der Waals surface area contributed by atoms with Gasteiger partial charge in [-0.2, -0.15) is 0 Å². The lowest BCUT2D eigenvalue weighted by atomic mass is 9.96. The molecule has 0 aliphatic carbocycles. The number of aliphatic hydroxyl groups is 1. The lowest BCUT2D eigenvalue weighted by Gasteiger charge is -2.47. The van der Waals surface area contributed by atoms with Crippen LogP contribution in [0.1, 0.15) is 18.4 Å². The topological polar surface area (TPSA) is 51.7 Å². The fourth-order valence-electron chi connectivity index (χ4n) is 5.71. The number of hydrogen-bond acceptors (Lipinski definition) is 4. The Labute approximate surface area is 206 Å². The molecule has 2 bridgehead atoms. The minimum atomic E-state index is -0.525. The van der Waals surface area contributed by atoms with Crippen LogP contribution in [-0.2, 0) is 6.54 Å². The molecule has 0 amide bonds. The van der Waals surface area contributed by atoms with E-state index in [4.69, 9.17) is 4.74 Å². The van der Waals surface area contributed by atoms with Gasteiger partial charge in [-0.05, 0) is 53.4 Å². The highest BCUT2D eigenvalue weighted by Gasteiger charge is 2.34. The normalized spacial score (nSPS) is 21.9. The smallest absolute Gasteiger partial charge is 0.128 e. The van der Waals surface area contributed by atoms with Gasteiger partial charge >= 0.3 is 0 Å². The van der Waals surface area contributed by atoms with E-state index in [0.29, 0.717) is 25.2 Å². The predicted molar refractivity (Wildman–Crippen MR) is 142 cm³/mol. The molecule has 4 aromatic rings. The number of piperazine rings is 1. The second-order valence-corrected chi connectivity index (χ2v) is 9.98. The quantitative estimate of drug-likeness (QED) is 0.377. The summed E-state index contributed by atoms with van der Waals surface area (Å²) >= 11 is 0. The fourth-order valence-corrected chi connectivity index (χ4v) is 5.71. The lowest BCUT2D eigenvalue weighted by molar-refractivity contribution is -0.0124. The largest absolute Gasteiger partial charge is 0.490 e. The molecule has 2 N–H and O–H groups in total. The van der Waals surface area contributed by atoms with Crippen molar-refractivity contribution in [1.29, 1.82) is 0 Å². The van der Waals surface area contributed by atoms with Crippen LogP contribution in [0.3, 0.4) is 0 Å². The molecule has 3 aliphatic heterocycles. The Hall–Kier alpha value is -3.12. The third-order valence-corrected chi connectivity index (χ3v) is 7.54. The first-order valence-corrected chi connectivity index (χ1v) is 12.7. The van der Waals surface area contributed by atoms with Crippen LogP contribution in [0.2, 0.25) is 0 Å². The predicted octanol–water partition coefficient (Wildman–Crippen LogP) is 4.97. The number of H-pyrrole nitrogens is 1. The SMILES string of the molecule is OC(COc1cccc2[nH]ccc12)CN1CC2CC=CCC1CN2Cc1ccc2ccccc2c1. The molecule has 1 aromatic heterocycles. The van der Waals surface area contributed by atoms with Crippen molar-refractivity contribution >= 4 is 21.7 Å². The highest BCUT2D eigenvalue weighted by Crippen LogP contribution is 2.27. The van der Waals surface area contributed by atoms with Crippen molar-refractivity contribution in [3.63, 3.8) is 0 Å². The second kappa shape index (κ2) is 9.86. The van der Waals surface area contributed by atoms with Gasteiger partial charge in [-0.25, -0.2) is 0 Å². The van der Waals surface area contributed by atoms with Crippen molar-refractivity contribution < 1.29 is 9.84 Å². The van der Waals surface area contributed by atoms with Gasteiger partial charge in [0.15, 0.2) is 0 Å². The van der Waals surface area contributed by atoms with E-state index in [0.717, 1.165) is 49.1 Å². The molecule has 3 aromatic carbocycles. The van der Waals surface area contributed by atoms with E-state index in [9.17, 15) is 5.11 Å². The van der Waals surface area contributed by atoms with Gasteiger partial charge in [0.2, 0.25) is 0 Å². The Bertz CT molecular complexity index is 1330. The molecule has 35 heavy (non-hydrogen) atoms. The summed E-state index contributed by atoms with van der Waals surface area (Å²) in [6, 6.07) is 24.3. The van der Waals surface area contributed by atoms with Crippen molar-refractivity contribution in [2.24, 2.45) is 0 Å². The number of aromatic nitrogens is 1. The van der Waals surface area contributed by atoms with Gasteiger partial charge in [-0.1, -0.05) is 54.6 Å². The number of nitrogens with zero attached hydrogens (tertiary/aromatic N) is 2. The first-order valence-electron chi connectivity index (χ1n) is 12.7. The lowest BCUT2D eigenvalue weighted by Crippen LogP contribution is -2.59. The minimum absolute atomic E-state index is 0.300. The zero-order chi connectivity index (χ0) is 23.6. The molecule has 7 rings (SSSR count). The van der Waals surface area contributed by atoms with Crippen LogP contribution in [0.5, 0.6) is 5.75 Å². The second-order valence-electron chi connectivity index (χ2n) is 9.98. The number of hydrogen-bond donors (Lipinski definition) is 2. The summed E-state index contributed by atoms with van der Waals surface area (Å²) in [4.78, 5) is 8.34. The molecule has 1 fully saturated rings. The Kier molecular flexibility index (Phi) is 6.30. The average molecular weight is 468 g/mol. The van der Waals surface area contributed by atoms with Crippen molar-refractivity contribution in [3.05, 3.63) is 90.6 Å². The number of fused-ring (bicyclic) bond motifs is 6. The third-order valence-electron chi connectivity index (χ3n) is 7.54. The zero-order valence-electron chi connectivity index (χ0n) is 20.0. The van der Waals surface area contributed by atoms with Gasteiger partial charge in [0.25, 0.3) is 0 Å². The molecule has 4 heterocycles. The standard InChI is InChI=1S/C30H33N3O2/c34-27(21-35-30-11-5-10-29-28(30)14-15-31-29)20-33-19-25-8-3-4-9-26(33)18-32(25)17-22-12-13-23-6-1-2-7-24(23)16-22/h1-7,10-16,25-27,31,34H,8-9,17-21H2. The monoisotopic (exact) mass is 467 g/mol. The molecule has 5 heteroatoms. The molecular weight excluding hydrogens is 434 g/mol. The van der Waals surface area contributed by atoms with E-state index in [-0.39, 0.29) is 0 Å². The Morgan fingerprint density at radius 2 is 1.69 bits per heavy atom. The van der Waals surface area contributed by atoms with Crippen molar-refractivity contribution in [3.8, 4) is 5.75 Å². The molecule has 0 radical (unpaired) electrons. The number of aliphatic hydroxyl groups excluding tert-OH is 1. The summed E-state index contributed by atoms with van der Waals surface area (Å²) in [5, 5.41) is 14.5. The van der Waals surface area contributed by atoms with Crippen LogP contribution >= 0.6 is 0 Å². The molecule has 0 spiro atoms. The Morgan fingerprint density at radius 1 is 0.886 bits per heavy atom. The van der Waals surface area contributed by atoms with Crippen molar-refractivity contribution in [2.75, 3.05) is 26.2 Å². The fraction of sp³-hybridized carbons (Fsp3) is 0.333. The number of rotatable bonds is 7. The number of ether oxygens (including phenoxy) is 1. The first-order chi connectivity index (χ1) is 17.2. The summed E-state index contributed by atoms with van der Waals surface area (Å²) < 4.78 is 6.03. The van der Waals surface area contributed by atoms with Crippen molar-refractivity contribution in [2.45, 2.75) is 37.6 Å². The molecule has 3 atom stereocenters. The summed E-state index contributed by atoms with van der Waals surface area (Å²) in [6.45, 7) is 3.92. The highest BCUT2D eigenvalue weighted by molar-refractivity contribution is 5.85. The van der Waals surface area contributed by atoms with Gasteiger partial charge in [-0.3, -0.25) is 9.80 Å². The molecule has 0 saturated carbocycles. The highest BCUT2D eigenvalue weighted by atomic mass is 16.5. The maximum absolute atomic E-state index is 10.9. The Morgan fingerprint density at radius 3 is 2.57 bits per heavy atom. The average Bonchev–Trinajstić information content (AvgIpc) is 3.34. The molecule has 1 saturated heterocycles. The number of nitrogens with one attached hydrogen (secondary N) is 1. The molecule has 3 unspecified atom stereocenters. The molecule has 5 nitrogen and oxygen atoms in total. The van der Waals surface area contributed by atoms with E-state index in [2.05, 4.69) is 69.4 Å². The summed E-state index contributed by atoms with van der Waals surface area (Å²) in [6.07, 6.45) is 8.14. The first kappa shape index (κ1) is 22.4.